The number of halogens is 2. The first kappa shape index (κ1) is 14.4. The molecule has 1 saturated heterocycles. The van der Waals surface area contributed by atoms with Gasteiger partial charge in [0.15, 0.2) is 0 Å². The minimum Gasteiger partial charge on any atom is -0.399 e. The smallest absolute Gasteiger partial charge is 0.255 e. The fourth-order valence-corrected chi connectivity index (χ4v) is 2.67. The number of nitrogens with two attached hydrogens (primary N) is 1. The molecule has 0 bridgehead atoms. The molecular formula is C13H16Cl2N2O2. The van der Waals surface area contributed by atoms with Gasteiger partial charge in [-0.3, -0.25) is 4.79 Å². The Morgan fingerprint density at radius 2 is 2.21 bits per heavy atom. The quantitative estimate of drug-likeness (QED) is 0.855. The molecule has 1 fully saturated rings. The maximum Gasteiger partial charge on any atom is 0.255 e. The summed E-state index contributed by atoms with van der Waals surface area (Å²) in [6, 6.07) is 3.10. The summed E-state index contributed by atoms with van der Waals surface area (Å²) >= 11 is 12.0. The number of likely N-dealkylation sites (tertiary alicyclic amines) is 1. The molecule has 1 aliphatic heterocycles. The van der Waals surface area contributed by atoms with Crippen molar-refractivity contribution in [2.45, 2.75) is 18.9 Å². The van der Waals surface area contributed by atoms with Crippen molar-refractivity contribution in [1.82, 2.24) is 4.90 Å². The second-order valence-electron chi connectivity index (χ2n) is 4.62. The van der Waals surface area contributed by atoms with Crippen LogP contribution in [0.1, 0.15) is 23.2 Å². The van der Waals surface area contributed by atoms with Crippen LogP contribution >= 0.6 is 23.2 Å². The van der Waals surface area contributed by atoms with Crippen LogP contribution in [0, 0.1) is 0 Å². The lowest BCUT2D eigenvalue weighted by atomic mass is 10.1. The number of benzene rings is 1. The predicted octanol–water partition coefficient (Wildman–Crippen LogP) is 2.83. The number of ether oxygens (including phenoxy) is 1. The first-order valence-electron chi connectivity index (χ1n) is 6.09. The van der Waals surface area contributed by atoms with Gasteiger partial charge in [-0.25, -0.2) is 0 Å². The first-order chi connectivity index (χ1) is 9.02. The van der Waals surface area contributed by atoms with E-state index in [9.17, 15) is 4.79 Å². The molecule has 104 valence electrons. The molecule has 19 heavy (non-hydrogen) atoms. The number of methoxy groups -OCH3 is 1. The van der Waals surface area contributed by atoms with E-state index in [2.05, 4.69) is 0 Å². The van der Waals surface area contributed by atoms with Gasteiger partial charge in [0.05, 0.1) is 21.7 Å². The Bertz CT molecular complexity index is 494. The lowest BCUT2D eigenvalue weighted by Gasteiger charge is -2.32. The summed E-state index contributed by atoms with van der Waals surface area (Å²) in [5.74, 6) is -0.152. The van der Waals surface area contributed by atoms with Gasteiger partial charge in [0.25, 0.3) is 5.91 Å². The largest absolute Gasteiger partial charge is 0.399 e. The van der Waals surface area contributed by atoms with Crippen molar-refractivity contribution < 1.29 is 9.53 Å². The van der Waals surface area contributed by atoms with Crippen molar-refractivity contribution >= 4 is 34.8 Å². The van der Waals surface area contributed by atoms with Crippen LogP contribution in [-0.4, -0.2) is 37.1 Å². The first-order valence-corrected chi connectivity index (χ1v) is 6.85. The van der Waals surface area contributed by atoms with E-state index in [0.29, 0.717) is 29.4 Å². The molecule has 0 spiro atoms. The summed E-state index contributed by atoms with van der Waals surface area (Å²) in [4.78, 5) is 14.2. The number of hydrogen-bond donors (Lipinski definition) is 1. The summed E-state index contributed by atoms with van der Waals surface area (Å²) in [6.07, 6.45) is 1.96. The molecule has 0 aromatic heterocycles. The zero-order valence-electron chi connectivity index (χ0n) is 10.7. The number of carbonyl (C=O) groups excluding carboxylic acids is 1. The zero-order valence-corrected chi connectivity index (χ0v) is 12.2. The average Bonchev–Trinajstić information content (AvgIpc) is 2.42. The third-order valence-corrected chi connectivity index (χ3v) is 4.08. The lowest BCUT2D eigenvalue weighted by molar-refractivity contribution is 0.0269. The number of amides is 1. The van der Waals surface area contributed by atoms with Crippen LogP contribution in [0.4, 0.5) is 5.69 Å². The second-order valence-corrected chi connectivity index (χ2v) is 5.40. The molecule has 6 heteroatoms. The van der Waals surface area contributed by atoms with E-state index >= 15 is 0 Å². The van der Waals surface area contributed by atoms with E-state index in [4.69, 9.17) is 33.7 Å². The molecule has 1 aromatic rings. The predicted molar refractivity (Wildman–Crippen MR) is 76.8 cm³/mol. The molecule has 1 unspecified atom stereocenters. The fourth-order valence-electron chi connectivity index (χ4n) is 2.25. The Hall–Kier alpha value is -0.970. The van der Waals surface area contributed by atoms with Gasteiger partial charge in [0.2, 0.25) is 0 Å². The number of hydrogen-bond acceptors (Lipinski definition) is 3. The van der Waals surface area contributed by atoms with Crippen molar-refractivity contribution in [2.75, 3.05) is 25.9 Å². The summed E-state index contributed by atoms with van der Waals surface area (Å²) < 4.78 is 5.31. The van der Waals surface area contributed by atoms with Gasteiger partial charge in [-0.2, -0.15) is 0 Å². The molecule has 2 rings (SSSR count). The highest BCUT2D eigenvalue weighted by Gasteiger charge is 2.26. The van der Waals surface area contributed by atoms with E-state index in [1.54, 1.807) is 18.1 Å². The van der Waals surface area contributed by atoms with E-state index in [1.807, 2.05) is 0 Å². The summed E-state index contributed by atoms with van der Waals surface area (Å²) in [5, 5.41) is 0.547. The van der Waals surface area contributed by atoms with Crippen LogP contribution in [0.3, 0.4) is 0 Å². The molecule has 1 amide bonds. The van der Waals surface area contributed by atoms with E-state index in [1.165, 1.54) is 6.07 Å². The summed E-state index contributed by atoms with van der Waals surface area (Å²) in [6.45, 7) is 1.26. The normalized spacial score (nSPS) is 19.5. The van der Waals surface area contributed by atoms with Gasteiger partial charge in [0, 0.05) is 25.9 Å². The monoisotopic (exact) mass is 302 g/mol. The Labute approximate surface area is 122 Å². The molecule has 2 N–H and O–H groups in total. The molecule has 0 saturated carbocycles. The van der Waals surface area contributed by atoms with Gasteiger partial charge in [-0.15, -0.1) is 0 Å². The van der Waals surface area contributed by atoms with E-state index in [-0.39, 0.29) is 17.0 Å². The highest BCUT2D eigenvalue weighted by atomic mass is 35.5. The Kier molecular flexibility index (Phi) is 4.55. The van der Waals surface area contributed by atoms with Crippen molar-refractivity contribution in [3.05, 3.63) is 27.7 Å². The Morgan fingerprint density at radius 1 is 1.47 bits per heavy atom. The molecule has 1 heterocycles. The number of carbonyl (C=O) groups is 1. The lowest BCUT2D eigenvalue weighted by Crippen LogP contribution is -2.43. The van der Waals surface area contributed by atoms with Crippen LogP contribution in [0.5, 0.6) is 0 Å². The molecule has 1 aliphatic rings. The molecule has 4 nitrogen and oxygen atoms in total. The third kappa shape index (κ3) is 3.14. The number of nitrogens with zero attached hydrogens (tertiary/aromatic N) is 1. The highest BCUT2D eigenvalue weighted by Crippen LogP contribution is 2.30. The van der Waals surface area contributed by atoms with Gasteiger partial charge in [-0.05, 0) is 25.0 Å². The van der Waals surface area contributed by atoms with Crippen LogP contribution in [0.2, 0.25) is 10.0 Å². The van der Waals surface area contributed by atoms with Crippen molar-refractivity contribution in [3.63, 3.8) is 0 Å². The molecule has 0 radical (unpaired) electrons. The number of rotatable bonds is 2. The second kappa shape index (κ2) is 5.99. The van der Waals surface area contributed by atoms with E-state index < -0.39 is 0 Å². The van der Waals surface area contributed by atoms with Crippen LogP contribution < -0.4 is 5.73 Å². The van der Waals surface area contributed by atoms with Crippen molar-refractivity contribution in [2.24, 2.45) is 0 Å². The maximum absolute atomic E-state index is 12.5. The fraction of sp³-hybridized carbons (Fsp3) is 0.462. The molecule has 0 aliphatic carbocycles. The van der Waals surface area contributed by atoms with Gasteiger partial charge < -0.3 is 15.4 Å². The summed E-state index contributed by atoms with van der Waals surface area (Å²) in [5.41, 5.74) is 6.49. The molecule has 1 aromatic carbocycles. The van der Waals surface area contributed by atoms with Gasteiger partial charge >= 0.3 is 0 Å². The Balaban J connectivity index is 2.24. The van der Waals surface area contributed by atoms with Gasteiger partial charge in [0.1, 0.15) is 0 Å². The summed E-state index contributed by atoms with van der Waals surface area (Å²) in [7, 11) is 1.66. The van der Waals surface area contributed by atoms with Crippen molar-refractivity contribution in [1.29, 1.82) is 0 Å². The average molecular weight is 303 g/mol. The minimum atomic E-state index is -0.152. The highest BCUT2D eigenvalue weighted by molar-refractivity contribution is 6.44. The van der Waals surface area contributed by atoms with Crippen LogP contribution in [0.25, 0.3) is 0 Å². The van der Waals surface area contributed by atoms with Gasteiger partial charge in [-0.1, -0.05) is 23.2 Å². The van der Waals surface area contributed by atoms with Crippen LogP contribution in [0.15, 0.2) is 12.1 Å². The van der Waals surface area contributed by atoms with Crippen molar-refractivity contribution in [3.8, 4) is 0 Å². The number of anilines is 1. The standard InChI is InChI=1S/C13H16Cl2N2O2/c1-19-9-3-2-4-17(7-9)13(18)10-5-8(16)6-11(14)12(10)15/h5-6,9H,2-4,7,16H2,1H3. The topological polar surface area (TPSA) is 55.6 Å². The van der Waals surface area contributed by atoms with E-state index in [0.717, 1.165) is 12.8 Å². The number of piperidine rings is 1. The number of nitrogen functional groups attached to an aromatic ring is 1. The molecule has 1 atom stereocenters. The maximum atomic E-state index is 12.5. The zero-order chi connectivity index (χ0) is 14.0. The SMILES string of the molecule is COC1CCCN(C(=O)c2cc(N)cc(Cl)c2Cl)C1. The Morgan fingerprint density at radius 3 is 2.89 bits per heavy atom. The van der Waals surface area contributed by atoms with Crippen LogP contribution in [-0.2, 0) is 4.74 Å². The minimum absolute atomic E-state index is 0.0769. The third-order valence-electron chi connectivity index (χ3n) is 3.28. The molecular weight excluding hydrogens is 287 g/mol.